The van der Waals surface area contributed by atoms with Crippen molar-refractivity contribution < 1.29 is 14.3 Å². The van der Waals surface area contributed by atoms with Gasteiger partial charge in [0.05, 0.1) is 0 Å². The molecule has 0 spiro atoms. The molecule has 1 atom stereocenters. The summed E-state index contributed by atoms with van der Waals surface area (Å²) in [5.74, 6) is -0.904. The zero-order valence-corrected chi connectivity index (χ0v) is 16.1. The van der Waals surface area contributed by atoms with E-state index in [4.69, 9.17) is 4.74 Å². The fourth-order valence-electron chi connectivity index (χ4n) is 3.15. The van der Waals surface area contributed by atoms with Crippen LogP contribution in [-0.2, 0) is 14.3 Å². The summed E-state index contributed by atoms with van der Waals surface area (Å²) >= 11 is 0. The Morgan fingerprint density at radius 1 is 1.00 bits per heavy atom. The van der Waals surface area contributed by atoms with Gasteiger partial charge in [-0.05, 0) is 62.1 Å². The number of benzene rings is 2. The molecule has 1 amide bonds. The van der Waals surface area contributed by atoms with Gasteiger partial charge < -0.3 is 15.0 Å². The topological polar surface area (TPSA) is 58.6 Å². The Hall–Kier alpha value is -3.08. The minimum Gasteiger partial charge on any atom is -0.449 e. The van der Waals surface area contributed by atoms with Crippen molar-refractivity contribution in [2.24, 2.45) is 0 Å². The number of anilines is 2. The summed E-state index contributed by atoms with van der Waals surface area (Å²) in [7, 11) is 0. The predicted molar refractivity (Wildman–Crippen MR) is 112 cm³/mol. The summed E-state index contributed by atoms with van der Waals surface area (Å²) in [6.45, 7) is 3.72. The van der Waals surface area contributed by atoms with E-state index in [-0.39, 0.29) is 5.91 Å². The van der Waals surface area contributed by atoms with E-state index in [2.05, 4.69) is 10.2 Å². The molecule has 0 radical (unpaired) electrons. The SMILES string of the molecule is C[C@H](OC(=O)/C=C/c1ccccc1)C(=O)Nc1ccc(N2CCCCC2)cc1. The number of piperidine rings is 1. The monoisotopic (exact) mass is 378 g/mol. The highest BCUT2D eigenvalue weighted by molar-refractivity contribution is 5.96. The fraction of sp³-hybridized carbons (Fsp3) is 0.304. The molecule has 1 N–H and O–H groups in total. The van der Waals surface area contributed by atoms with E-state index < -0.39 is 12.1 Å². The molecule has 1 saturated heterocycles. The molecule has 0 saturated carbocycles. The molecular weight excluding hydrogens is 352 g/mol. The third-order valence-electron chi connectivity index (χ3n) is 4.73. The average Bonchev–Trinajstić information content (AvgIpc) is 2.74. The van der Waals surface area contributed by atoms with Crippen LogP contribution in [0.15, 0.2) is 60.7 Å². The Bertz CT molecular complexity index is 810. The maximum atomic E-state index is 12.3. The van der Waals surface area contributed by atoms with E-state index in [1.165, 1.54) is 31.0 Å². The first-order chi connectivity index (χ1) is 13.6. The number of rotatable bonds is 6. The number of amides is 1. The third-order valence-corrected chi connectivity index (χ3v) is 4.73. The molecule has 1 aliphatic heterocycles. The number of carbonyl (C=O) groups excluding carboxylic acids is 2. The molecule has 0 aromatic heterocycles. The number of hydrogen-bond donors (Lipinski definition) is 1. The molecule has 2 aromatic rings. The van der Waals surface area contributed by atoms with Crippen molar-refractivity contribution in [2.75, 3.05) is 23.3 Å². The molecule has 2 aromatic carbocycles. The Balaban J connectivity index is 1.49. The number of hydrogen-bond acceptors (Lipinski definition) is 4. The number of nitrogens with zero attached hydrogens (tertiary/aromatic N) is 1. The highest BCUT2D eigenvalue weighted by Crippen LogP contribution is 2.22. The van der Waals surface area contributed by atoms with Crippen LogP contribution in [0.5, 0.6) is 0 Å². The lowest BCUT2D eigenvalue weighted by Gasteiger charge is -2.28. The van der Waals surface area contributed by atoms with Gasteiger partial charge in [0.15, 0.2) is 6.10 Å². The van der Waals surface area contributed by atoms with Crippen molar-refractivity contribution >= 4 is 29.3 Å². The van der Waals surface area contributed by atoms with Gasteiger partial charge in [-0.15, -0.1) is 0 Å². The van der Waals surface area contributed by atoms with Gasteiger partial charge in [0, 0.05) is 30.5 Å². The molecule has 0 aliphatic carbocycles. The van der Waals surface area contributed by atoms with E-state index in [0.717, 1.165) is 18.7 Å². The third kappa shape index (κ3) is 5.71. The molecular formula is C23H26N2O3. The van der Waals surface area contributed by atoms with Crippen molar-refractivity contribution in [1.29, 1.82) is 0 Å². The summed E-state index contributed by atoms with van der Waals surface area (Å²) in [6, 6.07) is 17.2. The zero-order chi connectivity index (χ0) is 19.8. The smallest absolute Gasteiger partial charge is 0.331 e. The standard InChI is InChI=1S/C23H26N2O3/c1-18(28-22(26)15-10-19-8-4-2-5-9-19)23(27)24-20-11-13-21(14-12-20)25-16-6-3-7-17-25/h2,4-5,8-15,18H,3,6-7,16-17H2,1H3,(H,24,27)/b15-10+/t18-/m0/s1. The Kier molecular flexibility index (Phi) is 6.84. The molecule has 0 unspecified atom stereocenters. The molecule has 1 aliphatic rings. The largest absolute Gasteiger partial charge is 0.449 e. The average molecular weight is 378 g/mol. The van der Waals surface area contributed by atoms with Crippen molar-refractivity contribution in [1.82, 2.24) is 0 Å². The van der Waals surface area contributed by atoms with Crippen molar-refractivity contribution in [2.45, 2.75) is 32.3 Å². The molecule has 5 nitrogen and oxygen atoms in total. The van der Waals surface area contributed by atoms with E-state index in [9.17, 15) is 9.59 Å². The van der Waals surface area contributed by atoms with Crippen molar-refractivity contribution in [3.63, 3.8) is 0 Å². The van der Waals surface area contributed by atoms with Gasteiger partial charge in [-0.3, -0.25) is 4.79 Å². The first-order valence-electron chi connectivity index (χ1n) is 9.71. The number of nitrogens with one attached hydrogen (secondary N) is 1. The van der Waals surface area contributed by atoms with E-state index in [0.29, 0.717) is 5.69 Å². The molecule has 3 rings (SSSR count). The minimum atomic E-state index is -0.880. The molecule has 1 fully saturated rings. The van der Waals surface area contributed by atoms with Crippen LogP contribution in [0.2, 0.25) is 0 Å². The highest BCUT2D eigenvalue weighted by atomic mass is 16.5. The van der Waals surface area contributed by atoms with Crippen molar-refractivity contribution in [3.8, 4) is 0 Å². The molecule has 1 heterocycles. The quantitative estimate of drug-likeness (QED) is 0.603. The Morgan fingerprint density at radius 2 is 1.68 bits per heavy atom. The lowest BCUT2D eigenvalue weighted by molar-refractivity contribution is -0.148. The van der Waals surface area contributed by atoms with Gasteiger partial charge in [-0.25, -0.2) is 4.79 Å². The minimum absolute atomic E-state index is 0.354. The van der Waals surface area contributed by atoms with Gasteiger partial charge in [0.25, 0.3) is 5.91 Å². The van der Waals surface area contributed by atoms with Gasteiger partial charge in [-0.1, -0.05) is 30.3 Å². The van der Waals surface area contributed by atoms with Crippen LogP contribution >= 0.6 is 0 Å². The van der Waals surface area contributed by atoms with Gasteiger partial charge in [0.1, 0.15) is 0 Å². The normalized spacial score (nSPS) is 15.2. The molecule has 146 valence electrons. The highest BCUT2D eigenvalue weighted by Gasteiger charge is 2.17. The van der Waals surface area contributed by atoms with Crippen LogP contribution in [0.1, 0.15) is 31.7 Å². The second-order valence-electron chi connectivity index (χ2n) is 6.91. The maximum Gasteiger partial charge on any atom is 0.331 e. The van der Waals surface area contributed by atoms with Crippen LogP contribution in [0.3, 0.4) is 0 Å². The fourth-order valence-corrected chi connectivity index (χ4v) is 3.15. The van der Waals surface area contributed by atoms with Crippen LogP contribution in [0, 0.1) is 0 Å². The second kappa shape index (κ2) is 9.74. The summed E-state index contributed by atoms with van der Waals surface area (Å²) in [6.07, 6.45) is 5.84. The van der Waals surface area contributed by atoms with Crippen LogP contribution in [0.4, 0.5) is 11.4 Å². The summed E-state index contributed by atoms with van der Waals surface area (Å²) in [5, 5.41) is 2.79. The summed E-state index contributed by atoms with van der Waals surface area (Å²) in [4.78, 5) is 26.6. The van der Waals surface area contributed by atoms with Crippen LogP contribution < -0.4 is 10.2 Å². The first kappa shape index (κ1) is 19.7. The number of ether oxygens (including phenoxy) is 1. The zero-order valence-electron chi connectivity index (χ0n) is 16.1. The summed E-state index contributed by atoms with van der Waals surface area (Å²) in [5.41, 5.74) is 2.75. The molecule has 0 bridgehead atoms. The van der Waals surface area contributed by atoms with Crippen LogP contribution in [0.25, 0.3) is 6.08 Å². The number of esters is 1. The Labute approximate surface area is 166 Å². The lowest BCUT2D eigenvalue weighted by Crippen LogP contribution is -2.30. The van der Waals surface area contributed by atoms with Gasteiger partial charge >= 0.3 is 5.97 Å². The van der Waals surface area contributed by atoms with E-state index in [1.54, 1.807) is 13.0 Å². The van der Waals surface area contributed by atoms with Crippen LogP contribution in [-0.4, -0.2) is 31.1 Å². The van der Waals surface area contributed by atoms with Gasteiger partial charge in [-0.2, -0.15) is 0 Å². The molecule has 5 heteroatoms. The van der Waals surface area contributed by atoms with Crippen molar-refractivity contribution in [3.05, 3.63) is 66.2 Å². The molecule has 28 heavy (non-hydrogen) atoms. The number of carbonyl (C=O) groups is 2. The second-order valence-corrected chi connectivity index (χ2v) is 6.91. The maximum absolute atomic E-state index is 12.3. The summed E-state index contributed by atoms with van der Waals surface area (Å²) < 4.78 is 5.18. The van der Waals surface area contributed by atoms with Gasteiger partial charge in [0.2, 0.25) is 0 Å². The predicted octanol–water partition coefficient (Wildman–Crippen LogP) is 4.26. The van der Waals surface area contributed by atoms with E-state index in [1.807, 2.05) is 54.6 Å². The first-order valence-corrected chi connectivity index (χ1v) is 9.71. The lowest BCUT2D eigenvalue weighted by atomic mass is 10.1. The van der Waals surface area contributed by atoms with E-state index >= 15 is 0 Å². The Morgan fingerprint density at radius 3 is 2.36 bits per heavy atom.